The molecule has 35 heavy (non-hydrogen) atoms. The fraction of sp³-hybridized carbons (Fsp3) is 0.667. The molecule has 1 aromatic heterocycles. The Kier molecular flexibility index (Phi) is 7.17. The van der Waals surface area contributed by atoms with Crippen molar-refractivity contribution in [2.24, 2.45) is 18.4 Å². The van der Waals surface area contributed by atoms with E-state index in [2.05, 4.69) is 25.7 Å². The number of hydrogen-bond acceptors (Lipinski definition) is 5. The summed E-state index contributed by atoms with van der Waals surface area (Å²) < 4.78 is 54.6. The van der Waals surface area contributed by atoms with E-state index in [1.807, 2.05) is 20.9 Å². The molecule has 4 rings (SSSR count). The van der Waals surface area contributed by atoms with E-state index in [1.165, 1.54) is 0 Å². The van der Waals surface area contributed by atoms with E-state index in [-0.39, 0.29) is 30.0 Å². The molecule has 2 heterocycles. The van der Waals surface area contributed by atoms with Crippen molar-refractivity contribution in [3.05, 3.63) is 41.0 Å². The van der Waals surface area contributed by atoms with Crippen LogP contribution >= 0.6 is 0 Å². The Morgan fingerprint density at radius 2 is 1.91 bits per heavy atom. The molecule has 1 aromatic carbocycles. The standard InChI is InChI=1S/C24H32F4N6O/c1-15(2)23(22(35)29-14-16-10-18(24(26,27)28)12-19(25)11-16)7-4-20(13-23)34-8-5-17(6-9-34)21-30-31-32-33(21)3/h10-12,15,17,20H,4-9,13-14H2,1-3H3,(H,29,35)/t20-,23+/m1/s1. The van der Waals surface area contributed by atoms with Crippen molar-refractivity contribution in [1.82, 2.24) is 30.4 Å². The number of aryl methyl sites for hydroxylation is 1. The van der Waals surface area contributed by atoms with E-state index in [4.69, 9.17) is 0 Å². The Hall–Kier alpha value is -2.56. The lowest BCUT2D eigenvalue weighted by Gasteiger charge is -2.37. The number of aromatic nitrogens is 4. The third-order valence-corrected chi connectivity index (χ3v) is 7.88. The van der Waals surface area contributed by atoms with Gasteiger partial charge in [0.25, 0.3) is 0 Å². The van der Waals surface area contributed by atoms with E-state index < -0.39 is 23.0 Å². The van der Waals surface area contributed by atoms with Crippen LogP contribution in [0.5, 0.6) is 0 Å². The number of rotatable bonds is 6. The van der Waals surface area contributed by atoms with Gasteiger partial charge in [-0.25, -0.2) is 9.07 Å². The van der Waals surface area contributed by atoms with Crippen molar-refractivity contribution in [3.63, 3.8) is 0 Å². The average molecular weight is 497 g/mol. The first-order valence-corrected chi connectivity index (χ1v) is 12.1. The first kappa shape index (κ1) is 25.5. The number of amides is 1. The van der Waals surface area contributed by atoms with Crippen molar-refractivity contribution in [2.75, 3.05) is 13.1 Å². The SMILES string of the molecule is CC(C)[C@]1(C(=O)NCc2cc(F)cc(C(F)(F)F)c2)CC[C@@H](N2CCC(c3nnnn3C)CC2)C1. The summed E-state index contributed by atoms with van der Waals surface area (Å²) in [6.45, 7) is 5.69. The van der Waals surface area contributed by atoms with Crippen LogP contribution < -0.4 is 5.32 Å². The van der Waals surface area contributed by atoms with Gasteiger partial charge in [-0.1, -0.05) is 13.8 Å². The molecular formula is C24H32F4N6O. The molecule has 192 valence electrons. The number of nitrogens with zero attached hydrogens (tertiary/aromatic N) is 5. The molecule has 2 aliphatic rings. The van der Waals surface area contributed by atoms with E-state index in [9.17, 15) is 22.4 Å². The van der Waals surface area contributed by atoms with Crippen LogP contribution in [0.4, 0.5) is 17.6 Å². The maximum Gasteiger partial charge on any atom is 0.416 e. The molecule has 1 amide bonds. The summed E-state index contributed by atoms with van der Waals surface area (Å²) in [4.78, 5) is 15.8. The van der Waals surface area contributed by atoms with Crippen molar-refractivity contribution >= 4 is 5.91 Å². The van der Waals surface area contributed by atoms with Crippen LogP contribution in [0.25, 0.3) is 0 Å². The summed E-state index contributed by atoms with van der Waals surface area (Å²) in [5.74, 6) is 0.140. The van der Waals surface area contributed by atoms with Gasteiger partial charge in [-0.2, -0.15) is 13.2 Å². The van der Waals surface area contributed by atoms with Gasteiger partial charge in [0.05, 0.1) is 11.0 Å². The van der Waals surface area contributed by atoms with Gasteiger partial charge >= 0.3 is 6.18 Å². The minimum atomic E-state index is -4.64. The zero-order chi connectivity index (χ0) is 25.4. The lowest BCUT2D eigenvalue weighted by molar-refractivity contribution is -0.137. The summed E-state index contributed by atoms with van der Waals surface area (Å²) in [5.41, 5.74) is -1.56. The van der Waals surface area contributed by atoms with Crippen LogP contribution in [0, 0.1) is 17.2 Å². The largest absolute Gasteiger partial charge is 0.416 e. The van der Waals surface area contributed by atoms with Gasteiger partial charge in [0, 0.05) is 25.6 Å². The minimum absolute atomic E-state index is 0.0630. The van der Waals surface area contributed by atoms with Crippen LogP contribution in [0.1, 0.15) is 68.8 Å². The second-order valence-electron chi connectivity index (χ2n) is 10.2. The number of halogens is 4. The Balaban J connectivity index is 1.38. The number of piperidine rings is 1. The molecule has 1 aliphatic heterocycles. The number of hydrogen-bond donors (Lipinski definition) is 1. The van der Waals surface area contributed by atoms with Crippen molar-refractivity contribution in [2.45, 2.75) is 70.6 Å². The summed E-state index contributed by atoms with van der Waals surface area (Å²) in [7, 11) is 1.85. The highest BCUT2D eigenvalue weighted by Crippen LogP contribution is 2.47. The highest BCUT2D eigenvalue weighted by atomic mass is 19.4. The third kappa shape index (κ3) is 5.34. The quantitative estimate of drug-likeness (QED) is 0.611. The predicted octanol–water partition coefficient (Wildman–Crippen LogP) is 4.06. The van der Waals surface area contributed by atoms with E-state index in [0.717, 1.165) is 50.3 Å². The second kappa shape index (κ2) is 9.83. The molecule has 2 fully saturated rings. The van der Waals surface area contributed by atoms with E-state index in [1.54, 1.807) is 4.68 Å². The first-order valence-electron chi connectivity index (χ1n) is 12.1. The zero-order valence-electron chi connectivity index (χ0n) is 20.3. The Morgan fingerprint density at radius 1 is 1.20 bits per heavy atom. The Labute approximate surface area is 202 Å². The smallest absolute Gasteiger partial charge is 0.352 e. The lowest BCUT2D eigenvalue weighted by atomic mass is 9.74. The van der Waals surface area contributed by atoms with E-state index >= 15 is 0 Å². The van der Waals surface area contributed by atoms with Gasteiger partial charge in [0.1, 0.15) is 5.82 Å². The molecule has 2 atom stereocenters. The molecule has 2 aromatic rings. The van der Waals surface area contributed by atoms with Crippen molar-refractivity contribution in [1.29, 1.82) is 0 Å². The molecular weight excluding hydrogens is 464 g/mol. The molecule has 1 saturated heterocycles. The summed E-state index contributed by atoms with van der Waals surface area (Å²) in [6.07, 6.45) is -0.441. The number of alkyl halides is 3. The number of carbonyl (C=O) groups is 1. The third-order valence-electron chi connectivity index (χ3n) is 7.88. The lowest BCUT2D eigenvalue weighted by Crippen LogP contribution is -2.45. The molecule has 0 bridgehead atoms. The molecule has 0 unspecified atom stereocenters. The first-order chi connectivity index (χ1) is 16.5. The van der Waals surface area contributed by atoms with Crippen LogP contribution in [0.15, 0.2) is 18.2 Å². The van der Waals surface area contributed by atoms with E-state index in [0.29, 0.717) is 24.8 Å². The van der Waals surface area contributed by atoms with Gasteiger partial charge in [0.15, 0.2) is 5.82 Å². The van der Waals surface area contributed by atoms with Crippen LogP contribution in [-0.2, 0) is 24.6 Å². The summed E-state index contributed by atoms with van der Waals surface area (Å²) in [6, 6.07) is 2.66. The molecule has 7 nitrogen and oxygen atoms in total. The highest BCUT2D eigenvalue weighted by Gasteiger charge is 2.49. The number of benzene rings is 1. The van der Waals surface area contributed by atoms with Gasteiger partial charge in [-0.3, -0.25) is 4.79 Å². The molecule has 1 saturated carbocycles. The molecule has 1 N–H and O–H groups in total. The summed E-state index contributed by atoms with van der Waals surface area (Å²) in [5, 5.41) is 14.6. The van der Waals surface area contributed by atoms with Crippen LogP contribution in [-0.4, -0.2) is 50.1 Å². The second-order valence-corrected chi connectivity index (χ2v) is 10.2. The average Bonchev–Trinajstić information content (AvgIpc) is 3.44. The number of tetrazole rings is 1. The van der Waals surface area contributed by atoms with Gasteiger partial charge in [0.2, 0.25) is 5.91 Å². The molecule has 0 spiro atoms. The normalized spacial score (nSPS) is 24.3. The maximum absolute atomic E-state index is 13.8. The van der Waals surface area contributed by atoms with Gasteiger partial charge in [-0.05, 0) is 85.3 Å². The fourth-order valence-electron chi connectivity index (χ4n) is 5.73. The topological polar surface area (TPSA) is 75.9 Å². The Morgan fingerprint density at radius 3 is 2.51 bits per heavy atom. The van der Waals surface area contributed by atoms with Gasteiger partial charge in [-0.15, -0.1) is 5.10 Å². The monoisotopic (exact) mass is 496 g/mol. The minimum Gasteiger partial charge on any atom is -0.352 e. The van der Waals surface area contributed by atoms with Crippen molar-refractivity contribution < 1.29 is 22.4 Å². The highest BCUT2D eigenvalue weighted by molar-refractivity contribution is 5.83. The molecule has 11 heteroatoms. The zero-order valence-corrected chi connectivity index (χ0v) is 20.3. The van der Waals surface area contributed by atoms with Gasteiger partial charge < -0.3 is 10.2 Å². The molecule has 0 radical (unpaired) electrons. The predicted molar refractivity (Wildman–Crippen MR) is 121 cm³/mol. The number of carbonyl (C=O) groups excluding carboxylic acids is 1. The molecule has 1 aliphatic carbocycles. The maximum atomic E-state index is 13.8. The Bertz CT molecular complexity index is 1050. The van der Waals surface area contributed by atoms with Crippen LogP contribution in [0.3, 0.4) is 0 Å². The fourth-order valence-corrected chi connectivity index (χ4v) is 5.73. The number of nitrogens with one attached hydrogen (secondary N) is 1. The van der Waals surface area contributed by atoms with Crippen molar-refractivity contribution in [3.8, 4) is 0 Å². The van der Waals surface area contributed by atoms with Crippen LogP contribution in [0.2, 0.25) is 0 Å². The summed E-state index contributed by atoms with van der Waals surface area (Å²) >= 11 is 0. The number of likely N-dealkylation sites (tertiary alicyclic amines) is 1.